The lowest BCUT2D eigenvalue weighted by Gasteiger charge is -2.13. The summed E-state index contributed by atoms with van der Waals surface area (Å²) in [5.74, 6) is 6.00. The van der Waals surface area contributed by atoms with Crippen LogP contribution in [0.3, 0.4) is 0 Å². The molecule has 0 saturated heterocycles. The van der Waals surface area contributed by atoms with Gasteiger partial charge < -0.3 is 0 Å². The van der Waals surface area contributed by atoms with Crippen LogP contribution < -0.4 is 5.84 Å². The van der Waals surface area contributed by atoms with Crippen molar-refractivity contribution in [2.75, 3.05) is 0 Å². The molecular formula is C14H14N2. The van der Waals surface area contributed by atoms with E-state index in [1.54, 1.807) is 0 Å². The quantitative estimate of drug-likeness (QED) is 0.677. The van der Waals surface area contributed by atoms with Crippen molar-refractivity contribution in [3.63, 3.8) is 0 Å². The molecule has 3 rings (SSSR count). The number of hydrogen-bond acceptors (Lipinski definition) is 2. The van der Waals surface area contributed by atoms with E-state index in [0.29, 0.717) is 0 Å². The summed E-state index contributed by atoms with van der Waals surface area (Å²) < 4.78 is 0. The third-order valence-electron chi connectivity index (χ3n) is 3.07. The van der Waals surface area contributed by atoms with Crippen LogP contribution in [-0.4, -0.2) is 5.01 Å². The molecular weight excluding hydrogens is 196 g/mol. The van der Waals surface area contributed by atoms with E-state index in [1.807, 2.05) is 5.01 Å². The Hall–Kier alpha value is -1.64. The summed E-state index contributed by atoms with van der Waals surface area (Å²) in [6, 6.07) is 17.0. The van der Waals surface area contributed by atoms with Crippen LogP contribution in [0.1, 0.15) is 11.1 Å². The molecule has 2 aromatic rings. The van der Waals surface area contributed by atoms with Gasteiger partial charge in [0.1, 0.15) is 0 Å². The largest absolute Gasteiger partial charge is 0.268 e. The maximum atomic E-state index is 6.00. The first-order valence-electron chi connectivity index (χ1n) is 5.50. The van der Waals surface area contributed by atoms with E-state index in [4.69, 9.17) is 5.84 Å². The lowest BCUT2D eigenvalue weighted by molar-refractivity contribution is 0.269. The van der Waals surface area contributed by atoms with Crippen LogP contribution in [0.25, 0.3) is 11.1 Å². The molecule has 1 aliphatic heterocycles. The molecule has 1 aliphatic rings. The van der Waals surface area contributed by atoms with Crippen molar-refractivity contribution in [1.82, 2.24) is 5.01 Å². The maximum Gasteiger partial charge on any atom is 0.0389 e. The van der Waals surface area contributed by atoms with E-state index < -0.39 is 0 Å². The summed E-state index contributed by atoms with van der Waals surface area (Å²) in [6.07, 6.45) is 0. The molecule has 0 bridgehead atoms. The van der Waals surface area contributed by atoms with Gasteiger partial charge >= 0.3 is 0 Å². The fourth-order valence-electron chi connectivity index (χ4n) is 2.34. The Morgan fingerprint density at radius 3 is 1.69 bits per heavy atom. The van der Waals surface area contributed by atoms with Gasteiger partial charge in [-0.1, -0.05) is 48.5 Å². The Kier molecular flexibility index (Phi) is 2.24. The topological polar surface area (TPSA) is 29.3 Å². The van der Waals surface area contributed by atoms with E-state index in [-0.39, 0.29) is 0 Å². The highest BCUT2D eigenvalue weighted by Crippen LogP contribution is 2.31. The van der Waals surface area contributed by atoms with Gasteiger partial charge in [-0.05, 0) is 22.3 Å². The van der Waals surface area contributed by atoms with Gasteiger partial charge in [0.15, 0.2) is 0 Å². The van der Waals surface area contributed by atoms with Crippen LogP contribution >= 0.6 is 0 Å². The molecule has 16 heavy (non-hydrogen) atoms. The van der Waals surface area contributed by atoms with Crippen molar-refractivity contribution in [2.45, 2.75) is 13.1 Å². The van der Waals surface area contributed by atoms with Gasteiger partial charge in [0.25, 0.3) is 0 Å². The van der Waals surface area contributed by atoms with Crippen LogP contribution in [0.2, 0.25) is 0 Å². The molecule has 1 heterocycles. The van der Waals surface area contributed by atoms with Crippen molar-refractivity contribution in [3.8, 4) is 11.1 Å². The summed E-state index contributed by atoms with van der Waals surface area (Å²) in [5, 5.41) is 1.87. The van der Waals surface area contributed by atoms with Gasteiger partial charge in [-0.2, -0.15) is 0 Å². The summed E-state index contributed by atoms with van der Waals surface area (Å²) >= 11 is 0. The minimum Gasteiger partial charge on any atom is -0.268 e. The molecule has 0 radical (unpaired) electrons. The Morgan fingerprint density at radius 2 is 1.19 bits per heavy atom. The highest BCUT2D eigenvalue weighted by molar-refractivity contribution is 5.71. The Balaban J connectivity index is 2.26. The molecule has 2 aromatic carbocycles. The zero-order chi connectivity index (χ0) is 11.0. The maximum absolute atomic E-state index is 6.00. The monoisotopic (exact) mass is 210 g/mol. The number of benzene rings is 2. The second-order valence-electron chi connectivity index (χ2n) is 4.22. The summed E-state index contributed by atoms with van der Waals surface area (Å²) in [6.45, 7) is 1.62. The average molecular weight is 210 g/mol. The van der Waals surface area contributed by atoms with Gasteiger partial charge in [0.05, 0.1) is 0 Å². The molecule has 2 nitrogen and oxygen atoms in total. The molecule has 0 aromatic heterocycles. The number of fused-ring (bicyclic) bond motifs is 3. The highest BCUT2D eigenvalue weighted by Gasteiger charge is 2.15. The molecule has 80 valence electrons. The first-order valence-corrected chi connectivity index (χ1v) is 5.50. The van der Waals surface area contributed by atoms with Crippen molar-refractivity contribution >= 4 is 0 Å². The fourth-order valence-corrected chi connectivity index (χ4v) is 2.34. The number of nitrogens with zero attached hydrogens (tertiary/aromatic N) is 1. The molecule has 0 aliphatic carbocycles. The molecule has 0 spiro atoms. The number of hydrazine groups is 1. The van der Waals surface area contributed by atoms with Crippen LogP contribution in [0.15, 0.2) is 48.5 Å². The van der Waals surface area contributed by atoms with Crippen LogP contribution in [0.5, 0.6) is 0 Å². The summed E-state index contributed by atoms with van der Waals surface area (Å²) in [5.41, 5.74) is 5.22. The third-order valence-corrected chi connectivity index (χ3v) is 3.07. The van der Waals surface area contributed by atoms with E-state index in [2.05, 4.69) is 48.5 Å². The standard InChI is InChI=1S/C14H14N2/c15-16-9-11-5-1-3-7-13(11)14-8-4-2-6-12(14)10-16/h1-8H,9-10,15H2. The molecule has 2 N–H and O–H groups in total. The number of rotatable bonds is 0. The van der Waals surface area contributed by atoms with Gasteiger partial charge in [0, 0.05) is 13.1 Å². The number of hydrogen-bond donors (Lipinski definition) is 1. The van der Waals surface area contributed by atoms with Crippen molar-refractivity contribution < 1.29 is 0 Å². The molecule has 0 atom stereocenters. The van der Waals surface area contributed by atoms with E-state index >= 15 is 0 Å². The lowest BCUT2D eigenvalue weighted by Crippen LogP contribution is -2.28. The van der Waals surface area contributed by atoms with Crippen molar-refractivity contribution in [1.29, 1.82) is 0 Å². The fraction of sp³-hybridized carbons (Fsp3) is 0.143. The zero-order valence-electron chi connectivity index (χ0n) is 9.06. The minimum absolute atomic E-state index is 0.810. The van der Waals surface area contributed by atoms with Gasteiger partial charge in [-0.25, -0.2) is 5.01 Å². The molecule has 0 saturated carbocycles. The van der Waals surface area contributed by atoms with Crippen LogP contribution in [0, 0.1) is 0 Å². The Bertz CT molecular complexity index is 472. The SMILES string of the molecule is NN1Cc2ccccc2-c2ccccc2C1. The van der Waals surface area contributed by atoms with E-state index in [0.717, 1.165) is 13.1 Å². The molecule has 0 amide bonds. The van der Waals surface area contributed by atoms with Crippen molar-refractivity contribution in [2.24, 2.45) is 5.84 Å². The average Bonchev–Trinajstić information content (AvgIpc) is 2.44. The molecule has 0 fully saturated rings. The van der Waals surface area contributed by atoms with Crippen LogP contribution in [-0.2, 0) is 13.1 Å². The van der Waals surface area contributed by atoms with Gasteiger partial charge in [-0.3, -0.25) is 5.84 Å². The Morgan fingerprint density at radius 1 is 0.750 bits per heavy atom. The predicted molar refractivity (Wildman–Crippen MR) is 65.3 cm³/mol. The predicted octanol–water partition coefficient (Wildman–Crippen LogP) is 2.54. The van der Waals surface area contributed by atoms with Gasteiger partial charge in [0.2, 0.25) is 0 Å². The normalized spacial score (nSPS) is 15.1. The summed E-state index contributed by atoms with van der Waals surface area (Å²) in [4.78, 5) is 0. The molecule has 0 unspecified atom stereocenters. The number of nitrogens with two attached hydrogens (primary N) is 1. The van der Waals surface area contributed by atoms with E-state index in [9.17, 15) is 0 Å². The smallest absolute Gasteiger partial charge is 0.0389 e. The lowest BCUT2D eigenvalue weighted by atomic mass is 9.97. The second kappa shape index (κ2) is 3.74. The highest BCUT2D eigenvalue weighted by atomic mass is 15.4. The third kappa shape index (κ3) is 1.52. The first-order chi connectivity index (χ1) is 7.84. The minimum atomic E-state index is 0.810. The first kappa shape index (κ1) is 9.58. The van der Waals surface area contributed by atoms with Crippen molar-refractivity contribution in [3.05, 3.63) is 59.7 Å². The summed E-state index contributed by atoms with van der Waals surface area (Å²) in [7, 11) is 0. The second-order valence-corrected chi connectivity index (χ2v) is 4.22. The van der Waals surface area contributed by atoms with Crippen LogP contribution in [0.4, 0.5) is 0 Å². The van der Waals surface area contributed by atoms with Gasteiger partial charge in [-0.15, -0.1) is 0 Å². The zero-order valence-corrected chi connectivity index (χ0v) is 9.06. The Labute approximate surface area is 95.3 Å². The van der Waals surface area contributed by atoms with E-state index in [1.165, 1.54) is 22.3 Å². The molecule has 2 heteroatoms.